The van der Waals surface area contributed by atoms with Crippen LogP contribution < -0.4 is 36.0 Å². The fraction of sp³-hybridized carbons (Fsp3) is 0.0702. The summed E-state index contributed by atoms with van der Waals surface area (Å²) in [6.45, 7) is 6.81. The molecule has 0 bridgehead atoms. The van der Waals surface area contributed by atoms with E-state index in [1.54, 1.807) is 0 Å². The summed E-state index contributed by atoms with van der Waals surface area (Å²) in [5, 5.41) is 0. The van der Waals surface area contributed by atoms with Crippen LogP contribution in [-0.4, -0.2) is 11.7 Å². The maximum Gasteiger partial charge on any atom is 0.252 e. The van der Waals surface area contributed by atoms with Gasteiger partial charge in [0.25, 0.3) is 6.71 Å². The van der Waals surface area contributed by atoms with Crippen molar-refractivity contribution in [1.82, 2.24) is 4.98 Å². The number of para-hydroxylation sites is 5. The van der Waals surface area contributed by atoms with Crippen LogP contribution in [0.1, 0.15) is 26.3 Å². The van der Waals surface area contributed by atoms with Crippen molar-refractivity contribution < 1.29 is 0 Å². The van der Waals surface area contributed by atoms with Crippen molar-refractivity contribution in [1.29, 1.82) is 0 Å². The van der Waals surface area contributed by atoms with Crippen molar-refractivity contribution in [2.75, 3.05) is 19.6 Å². The second-order valence-electron chi connectivity index (χ2n) is 17.3. The molecule has 0 spiro atoms. The van der Waals surface area contributed by atoms with Gasteiger partial charge in [0.1, 0.15) is 0 Å². The van der Waals surface area contributed by atoms with E-state index in [0.29, 0.717) is 0 Å². The van der Waals surface area contributed by atoms with Crippen LogP contribution in [0.15, 0.2) is 225 Å². The molecule has 8 aromatic carbocycles. The van der Waals surface area contributed by atoms with Crippen molar-refractivity contribution in [2.24, 2.45) is 0 Å². The molecule has 2 aliphatic heterocycles. The first-order valence-electron chi connectivity index (χ1n) is 21.7. The van der Waals surface area contributed by atoms with Crippen molar-refractivity contribution in [2.45, 2.75) is 26.2 Å². The summed E-state index contributed by atoms with van der Waals surface area (Å²) in [6, 6.07) is 76.6. The Morgan fingerprint density at radius 3 is 1.38 bits per heavy atom. The largest absolute Gasteiger partial charge is 0.310 e. The second kappa shape index (κ2) is 15.6. The predicted octanol–water partition coefficient (Wildman–Crippen LogP) is 13.4. The first-order valence-corrected chi connectivity index (χ1v) is 21.7. The van der Waals surface area contributed by atoms with Crippen LogP contribution >= 0.6 is 0 Å². The van der Waals surface area contributed by atoms with E-state index in [4.69, 9.17) is 4.98 Å². The lowest BCUT2D eigenvalue weighted by molar-refractivity contribution is 0.590. The van der Waals surface area contributed by atoms with Gasteiger partial charge in [0.2, 0.25) is 0 Å². The zero-order valence-electron chi connectivity index (χ0n) is 35.7. The number of rotatable bonds is 8. The van der Waals surface area contributed by atoms with E-state index in [0.717, 1.165) is 62.6 Å². The summed E-state index contributed by atoms with van der Waals surface area (Å²) in [5.41, 5.74) is 18.2. The molecule has 0 unspecified atom stereocenters. The summed E-state index contributed by atoms with van der Waals surface area (Å²) in [5.74, 6) is 0. The molecular formula is C57H46BN5. The maximum absolute atomic E-state index is 4.99. The minimum absolute atomic E-state index is 0.00803. The average molecular weight is 812 g/mol. The highest BCUT2D eigenvalue weighted by molar-refractivity contribution is 7.00. The van der Waals surface area contributed by atoms with Crippen molar-refractivity contribution in [3.8, 4) is 0 Å². The molecule has 0 N–H and O–H groups in total. The molecule has 3 heterocycles. The fourth-order valence-corrected chi connectivity index (χ4v) is 9.52. The van der Waals surface area contributed by atoms with E-state index >= 15 is 0 Å². The number of fused-ring (bicyclic) bond motifs is 4. The zero-order valence-corrected chi connectivity index (χ0v) is 35.7. The Bertz CT molecular complexity index is 3020. The summed E-state index contributed by atoms with van der Waals surface area (Å²) < 4.78 is 0. The molecule has 1 aromatic heterocycles. The highest BCUT2D eigenvalue weighted by atomic mass is 15.2. The van der Waals surface area contributed by atoms with Gasteiger partial charge in [0.05, 0.1) is 23.8 Å². The number of benzene rings is 8. The molecule has 0 radical (unpaired) electrons. The molecule has 9 aromatic rings. The average Bonchev–Trinajstić information content (AvgIpc) is 3.33. The SMILES string of the molecule is CC(C)(C)c1ccc(N(c2cccc(N(c3ccccc3)c3ccccc3)c2)c2ccc3c(c2)N(c2ccccc2)c2cncc4c2B3c2ccccc2N4c2ccccc2)cc1. The lowest BCUT2D eigenvalue weighted by Gasteiger charge is -2.44. The summed E-state index contributed by atoms with van der Waals surface area (Å²) in [7, 11) is 0. The highest BCUT2D eigenvalue weighted by Crippen LogP contribution is 2.46. The number of pyridine rings is 1. The lowest BCUT2D eigenvalue weighted by Crippen LogP contribution is -2.61. The molecule has 0 amide bonds. The Morgan fingerprint density at radius 1 is 0.381 bits per heavy atom. The van der Waals surface area contributed by atoms with E-state index in [1.807, 2.05) is 6.20 Å². The molecular weight excluding hydrogens is 765 g/mol. The van der Waals surface area contributed by atoms with Crippen LogP contribution in [0.3, 0.4) is 0 Å². The smallest absolute Gasteiger partial charge is 0.252 e. The Kier molecular flexibility index (Phi) is 9.42. The van der Waals surface area contributed by atoms with E-state index in [-0.39, 0.29) is 12.1 Å². The van der Waals surface area contributed by atoms with Crippen molar-refractivity contribution >= 4 is 91.3 Å². The molecule has 302 valence electrons. The number of hydrogen-bond donors (Lipinski definition) is 0. The fourth-order valence-electron chi connectivity index (χ4n) is 9.52. The monoisotopic (exact) mass is 811 g/mol. The quantitative estimate of drug-likeness (QED) is 0.142. The Labute approximate surface area is 370 Å². The molecule has 0 atom stereocenters. The number of aromatic nitrogens is 1. The molecule has 5 nitrogen and oxygen atoms in total. The third-order valence-corrected chi connectivity index (χ3v) is 12.4. The van der Waals surface area contributed by atoms with Gasteiger partial charge in [-0.25, -0.2) is 0 Å². The predicted molar refractivity (Wildman–Crippen MR) is 266 cm³/mol. The minimum atomic E-state index is -0.00803. The minimum Gasteiger partial charge on any atom is -0.310 e. The van der Waals surface area contributed by atoms with Gasteiger partial charge in [-0.15, -0.1) is 0 Å². The molecule has 63 heavy (non-hydrogen) atoms. The van der Waals surface area contributed by atoms with Crippen LogP contribution in [0.25, 0.3) is 0 Å². The molecule has 0 saturated heterocycles. The second-order valence-corrected chi connectivity index (χ2v) is 17.3. The van der Waals surface area contributed by atoms with E-state index in [9.17, 15) is 0 Å². The number of hydrogen-bond acceptors (Lipinski definition) is 5. The molecule has 6 heteroatoms. The topological polar surface area (TPSA) is 25.9 Å². The molecule has 2 aliphatic rings. The first kappa shape index (κ1) is 38.1. The maximum atomic E-state index is 4.99. The zero-order chi connectivity index (χ0) is 42.5. The van der Waals surface area contributed by atoms with Gasteiger partial charge < -0.3 is 19.6 Å². The third-order valence-electron chi connectivity index (χ3n) is 12.4. The summed E-state index contributed by atoms with van der Waals surface area (Å²) in [4.78, 5) is 14.5. The van der Waals surface area contributed by atoms with Crippen LogP contribution in [-0.2, 0) is 5.41 Å². The van der Waals surface area contributed by atoms with E-state index < -0.39 is 0 Å². The third kappa shape index (κ3) is 6.72. The van der Waals surface area contributed by atoms with Gasteiger partial charge in [-0.1, -0.05) is 136 Å². The molecule has 0 aliphatic carbocycles. The van der Waals surface area contributed by atoms with Crippen LogP contribution in [0.5, 0.6) is 0 Å². The standard InChI is InChI=1S/C57H46BN5/c1-57(2,3)41-31-33-46(34-32-41)61(48-28-18-27-47(37-48)60(42-19-8-4-9-20-42)43-21-10-5-11-22-43)49-35-36-51-53(38-49)63(45-25-14-7-15-26-45)55-40-59-39-54-56(55)58(51)50-29-16-17-30-52(50)62(54)44-23-12-6-13-24-44/h4-40H,1-3H3. The van der Waals surface area contributed by atoms with Crippen LogP contribution in [0.4, 0.5) is 68.2 Å². The molecule has 11 rings (SSSR count). The van der Waals surface area contributed by atoms with Crippen molar-refractivity contribution in [3.63, 3.8) is 0 Å². The van der Waals surface area contributed by atoms with E-state index in [2.05, 4.69) is 259 Å². The van der Waals surface area contributed by atoms with Gasteiger partial charge in [-0.05, 0) is 124 Å². The van der Waals surface area contributed by atoms with Gasteiger partial charge in [-0.2, -0.15) is 0 Å². The highest BCUT2D eigenvalue weighted by Gasteiger charge is 2.43. The Morgan fingerprint density at radius 2 is 0.810 bits per heavy atom. The number of nitrogens with zero attached hydrogens (tertiary/aromatic N) is 5. The number of anilines is 12. The summed E-state index contributed by atoms with van der Waals surface area (Å²) >= 11 is 0. The van der Waals surface area contributed by atoms with Gasteiger partial charge in [0.15, 0.2) is 0 Å². The first-order chi connectivity index (χ1) is 30.9. The van der Waals surface area contributed by atoms with Crippen molar-refractivity contribution in [3.05, 3.63) is 230 Å². The van der Waals surface area contributed by atoms with Gasteiger partial charge in [0, 0.05) is 56.9 Å². The summed E-state index contributed by atoms with van der Waals surface area (Å²) in [6.07, 6.45) is 4.10. The van der Waals surface area contributed by atoms with Crippen LogP contribution in [0.2, 0.25) is 0 Å². The Balaban J connectivity index is 1.13. The molecule has 0 saturated carbocycles. The van der Waals surface area contributed by atoms with Gasteiger partial charge >= 0.3 is 0 Å². The molecule has 0 fully saturated rings. The van der Waals surface area contributed by atoms with Crippen LogP contribution in [0, 0.1) is 0 Å². The van der Waals surface area contributed by atoms with Gasteiger partial charge in [-0.3, -0.25) is 4.98 Å². The van der Waals surface area contributed by atoms with E-state index in [1.165, 1.54) is 27.6 Å². The normalized spacial score (nSPS) is 12.6. The lowest BCUT2D eigenvalue weighted by atomic mass is 9.33. The Hall–Kier alpha value is -7.83.